The van der Waals surface area contributed by atoms with E-state index in [1.54, 1.807) is 13.0 Å². The molecule has 11 heteroatoms. The van der Waals surface area contributed by atoms with Crippen LogP contribution in [0.1, 0.15) is 5.56 Å². The maximum Gasteiger partial charge on any atom is 0.261 e. The number of aryl methyl sites for hydroxylation is 1. The van der Waals surface area contributed by atoms with Crippen molar-refractivity contribution in [3.05, 3.63) is 57.0 Å². The highest BCUT2D eigenvalue weighted by molar-refractivity contribution is 8.14. The second-order valence-corrected chi connectivity index (χ2v) is 10.8. The lowest BCUT2D eigenvalue weighted by Gasteiger charge is -1.99. The van der Waals surface area contributed by atoms with Gasteiger partial charge in [0, 0.05) is 36.4 Å². The Kier molecular flexibility index (Phi) is 7.68. The van der Waals surface area contributed by atoms with Gasteiger partial charge >= 0.3 is 0 Å². The molecular weight excluding hydrogens is 462 g/mol. The van der Waals surface area contributed by atoms with Crippen molar-refractivity contribution in [1.29, 1.82) is 0 Å². The van der Waals surface area contributed by atoms with Gasteiger partial charge < -0.3 is 0 Å². The maximum atomic E-state index is 10.8. The molecule has 0 unspecified atom stereocenters. The van der Waals surface area contributed by atoms with Gasteiger partial charge in [-0.3, -0.25) is 0 Å². The molecule has 2 aromatic carbocycles. The van der Waals surface area contributed by atoms with Gasteiger partial charge in [0.15, 0.2) is 0 Å². The Morgan fingerprint density at radius 2 is 1.17 bits per heavy atom. The van der Waals surface area contributed by atoms with Crippen molar-refractivity contribution in [2.45, 2.75) is 16.7 Å². The molecule has 0 spiro atoms. The van der Waals surface area contributed by atoms with Crippen molar-refractivity contribution < 1.29 is 16.8 Å². The van der Waals surface area contributed by atoms with Crippen molar-refractivity contribution in [3.8, 4) is 0 Å². The Bertz CT molecular complexity index is 936. The molecule has 4 nitrogen and oxygen atoms in total. The van der Waals surface area contributed by atoms with Crippen LogP contribution in [-0.2, 0) is 18.1 Å². The van der Waals surface area contributed by atoms with E-state index < -0.39 is 18.1 Å². The minimum Gasteiger partial charge on any atom is -0.207 e. The molecule has 0 saturated heterocycles. The fraction of sp³-hybridized carbons (Fsp3) is 0.0769. The van der Waals surface area contributed by atoms with Gasteiger partial charge in [0.05, 0.1) is 9.79 Å². The molecule has 0 fully saturated rings. The van der Waals surface area contributed by atoms with Crippen LogP contribution in [0.5, 0.6) is 0 Å². The lowest BCUT2D eigenvalue weighted by molar-refractivity contribution is 0.608. The van der Waals surface area contributed by atoms with E-state index >= 15 is 0 Å². The van der Waals surface area contributed by atoms with Crippen LogP contribution in [-0.4, -0.2) is 16.8 Å². The van der Waals surface area contributed by atoms with E-state index in [1.807, 2.05) is 0 Å². The van der Waals surface area contributed by atoms with E-state index in [-0.39, 0.29) is 19.8 Å². The predicted octanol–water partition coefficient (Wildman–Crippen LogP) is 5.50. The van der Waals surface area contributed by atoms with E-state index in [1.165, 1.54) is 30.3 Å². The molecular formula is C13H9Cl5O4S2. The lowest BCUT2D eigenvalue weighted by atomic mass is 10.2. The minimum absolute atomic E-state index is 0.0276. The third kappa shape index (κ3) is 6.96. The van der Waals surface area contributed by atoms with Crippen molar-refractivity contribution in [2.24, 2.45) is 0 Å². The largest absolute Gasteiger partial charge is 0.261 e. The minimum atomic E-state index is -3.74. The summed E-state index contributed by atoms with van der Waals surface area (Å²) in [6.07, 6.45) is 0. The van der Waals surface area contributed by atoms with Gasteiger partial charge in [-0.15, -0.1) is 0 Å². The van der Waals surface area contributed by atoms with Gasteiger partial charge in [0.2, 0.25) is 0 Å². The molecule has 0 atom stereocenters. The summed E-state index contributed by atoms with van der Waals surface area (Å²) >= 11 is 16.8. The van der Waals surface area contributed by atoms with Crippen molar-refractivity contribution in [2.75, 3.05) is 0 Å². The Labute approximate surface area is 164 Å². The quantitative estimate of drug-likeness (QED) is 0.544. The molecule has 2 aromatic rings. The molecule has 0 bridgehead atoms. The van der Waals surface area contributed by atoms with Crippen molar-refractivity contribution >= 4 is 74.3 Å². The van der Waals surface area contributed by atoms with Gasteiger partial charge in [0.25, 0.3) is 18.1 Å². The molecule has 0 saturated carbocycles. The highest BCUT2D eigenvalue weighted by Gasteiger charge is 2.11. The summed E-state index contributed by atoms with van der Waals surface area (Å²) in [6, 6.07) is 8.25. The second-order valence-electron chi connectivity index (χ2n) is 4.39. The van der Waals surface area contributed by atoms with E-state index in [0.717, 1.165) is 5.56 Å². The normalized spacial score (nSPS) is 11.6. The van der Waals surface area contributed by atoms with E-state index in [2.05, 4.69) is 0 Å². The third-order valence-electron chi connectivity index (χ3n) is 2.54. The fourth-order valence-electron chi connectivity index (χ4n) is 1.39. The molecule has 0 radical (unpaired) electrons. The molecule has 0 heterocycles. The first-order valence-electron chi connectivity index (χ1n) is 5.92. The first-order valence-corrected chi connectivity index (χ1v) is 11.7. The summed E-state index contributed by atoms with van der Waals surface area (Å²) in [5, 5.41) is 0.875. The molecule has 0 aliphatic rings. The van der Waals surface area contributed by atoms with Crippen molar-refractivity contribution in [3.63, 3.8) is 0 Å². The average Bonchev–Trinajstić information content (AvgIpc) is 2.39. The zero-order valence-corrected chi connectivity index (χ0v) is 17.2. The van der Waals surface area contributed by atoms with Gasteiger partial charge in [-0.05, 0) is 42.8 Å². The van der Waals surface area contributed by atoms with E-state index in [0.29, 0.717) is 5.02 Å². The third-order valence-corrected chi connectivity index (χ3v) is 6.07. The van der Waals surface area contributed by atoms with Gasteiger partial charge in [-0.1, -0.05) is 40.9 Å². The molecule has 132 valence electrons. The Balaban J connectivity index is 0.000000240. The molecule has 0 aromatic heterocycles. The molecule has 0 amide bonds. The molecule has 24 heavy (non-hydrogen) atoms. The zero-order valence-electron chi connectivity index (χ0n) is 11.8. The standard InChI is InChI=1S/C7H6Cl2O2S.C6H3Cl3O2S/c1-5-2-3-6(4-7(5)8)12(9,10)11;7-4-1-5(8)3-6(2-4)12(9,10)11/h2-4H,1H3;1-3H. The van der Waals surface area contributed by atoms with Crippen LogP contribution in [0.2, 0.25) is 15.1 Å². The molecule has 0 aliphatic heterocycles. The van der Waals surface area contributed by atoms with Crippen LogP contribution >= 0.6 is 56.2 Å². The van der Waals surface area contributed by atoms with Crippen LogP contribution in [0, 0.1) is 6.92 Å². The first kappa shape index (κ1) is 21.8. The Morgan fingerprint density at radius 3 is 1.54 bits per heavy atom. The number of hydrogen-bond donors (Lipinski definition) is 0. The summed E-state index contributed by atoms with van der Waals surface area (Å²) in [4.78, 5) is -0.0681. The van der Waals surface area contributed by atoms with Crippen LogP contribution in [0.4, 0.5) is 0 Å². The Hall–Kier alpha value is -0.210. The molecule has 0 N–H and O–H groups in total. The summed E-state index contributed by atoms with van der Waals surface area (Å²) in [5.41, 5.74) is 0.820. The summed E-state index contributed by atoms with van der Waals surface area (Å²) in [7, 11) is 2.76. The monoisotopic (exact) mass is 468 g/mol. The second kappa shape index (κ2) is 8.45. The summed E-state index contributed by atoms with van der Waals surface area (Å²) < 4.78 is 43.2. The van der Waals surface area contributed by atoms with Crippen LogP contribution in [0.25, 0.3) is 0 Å². The summed E-state index contributed by atoms with van der Waals surface area (Å²) in [5.74, 6) is 0. The highest BCUT2D eigenvalue weighted by atomic mass is 35.7. The van der Waals surface area contributed by atoms with Crippen LogP contribution in [0.3, 0.4) is 0 Å². The maximum absolute atomic E-state index is 10.8. The predicted molar refractivity (Wildman–Crippen MR) is 98.7 cm³/mol. The van der Waals surface area contributed by atoms with Gasteiger partial charge in [-0.25, -0.2) is 16.8 Å². The molecule has 0 aliphatic carbocycles. The van der Waals surface area contributed by atoms with Crippen LogP contribution in [0.15, 0.2) is 46.2 Å². The van der Waals surface area contributed by atoms with Gasteiger partial charge in [-0.2, -0.15) is 0 Å². The van der Waals surface area contributed by atoms with Crippen molar-refractivity contribution in [1.82, 2.24) is 0 Å². The fourth-order valence-corrected chi connectivity index (χ4v) is 3.88. The zero-order chi connectivity index (χ0) is 18.7. The number of hydrogen-bond acceptors (Lipinski definition) is 4. The van der Waals surface area contributed by atoms with Gasteiger partial charge in [0.1, 0.15) is 0 Å². The lowest BCUT2D eigenvalue weighted by Crippen LogP contribution is -1.90. The average molecular weight is 471 g/mol. The van der Waals surface area contributed by atoms with E-state index in [4.69, 9.17) is 56.2 Å². The molecule has 2 rings (SSSR count). The number of rotatable bonds is 2. The number of benzene rings is 2. The SMILES string of the molecule is Cc1ccc(S(=O)(=O)Cl)cc1Cl.O=S(=O)(Cl)c1cc(Cl)cc(Cl)c1. The smallest absolute Gasteiger partial charge is 0.207 e. The topological polar surface area (TPSA) is 68.3 Å². The summed E-state index contributed by atoms with van der Waals surface area (Å²) in [6.45, 7) is 1.78. The first-order chi connectivity index (χ1) is 10.8. The number of halogens is 5. The highest BCUT2D eigenvalue weighted by Crippen LogP contribution is 2.24. The van der Waals surface area contributed by atoms with Crippen LogP contribution < -0.4 is 0 Å². The Morgan fingerprint density at radius 1 is 0.708 bits per heavy atom. The van der Waals surface area contributed by atoms with E-state index in [9.17, 15) is 16.8 Å².